The topological polar surface area (TPSA) is 81.9 Å². The normalized spacial score (nSPS) is 13.4. The van der Waals surface area contributed by atoms with E-state index in [-0.39, 0.29) is 12.5 Å². The molecule has 1 saturated carbocycles. The summed E-state index contributed by atoms with van der Waals surface area (Å²) in [5, 5.41) is 15.2. The third kappa shape index (κ3) is 4.28. The van der Waals surface area contributed by atoms with Gasteiger partial charge in [0.25, 0.3) is 5.91 Å². The molecule has 0 spiro atoms. The summed E-state index contributed by atoms with van der Waals surface area (Å²) in [6.45, 7) is -0.147. The molecule has 0 atom stereocenters. The molecule has 0 aliphatic heterocycles. The summed E-state index contributed by atoms with van der Waals surface area (Å²) < 4.78 is 8.16. The van der Waals surface area contributed by atoms with Gasteiger partial charge in [-0.05, 0) is 53.6 Å². The molecular weight excluding hydrogens is 434 g/mol. The van der Waals surface area contributed by atoms with Crippen molar-refractivity contribution in [2.45, 2.75) is 18.9 Å². The molecule has 0 unspecified atom stereocenters. The van der Waals surface area contributed by atoms with Gasteiger partial charge in [-0.25, -0.2) is 4.68 Å². The fourth-order valence-corrected chi connectivity index (χ4v) is 3.35. The molecule has 1 heterocycles. The number of tetrazole rings is 1. The highest BCUT2D eigenvalue weighted by atomic mass is 79.9. The van der Waals surface area contributed by atoms with E-state index in [1.807, 2.05) is 22.9 Å². The van der Waals surface area contributed by atoms with Crippen molar-refractivity contribution in [2.24, 2.45) is 0 Å². The monoisotopic (exact) mass is 447 g/mol. The molecule has 138 valence electrons. The van der Waals surface area contributed by atoms with Gasteiger partial charge in [0.05, 0.1) is 11.1 Å². The van der Waals surface area contributed by atoms with Gasteiger partial charge in [-0.15, -0.1) is 5.10 Å². The summed E-state index contributed by atoms with van der Waals surface area (Å²) in [7, 11) is 0. The van der Waals surface area contributed by atoms with Gasteiger partial charge >= 0.3 is 0 Å². The van der Waals surface area contributed by atoms with Gasteiger partial charge in [-0.3, -0.25) is 4.79 Å². The lowest BCUT2D eigenvalue weighted by Crippen LogP contribution is -2.20. The summed E-state index contributed by atoms with van der Waals surface area (Å²) in [6, 6.07) is 13.0. The van der Waals surface area contributed by atoms with E-state index in [0.717, 1.165) is 22.9 Å². The molecule has 9 heteroatoms. The minimum atomic E-state index is -0.284. The van der Waals surface area contributed by atoms with Gasteiger partial charge < -0.3 is 10.1 Å². The molecule has 0 saturated heterocycles. The third-order valence-electron chi connectivity index (χ3n) is 4.04. The number of anilines is 1. The van der Waals surface area contributed by atoms with Crippen LogP contribution in [0.2, 0.25) is 5.02 Å². The molecule has 3 aromatic rings. The number of halogens is 2. The van der Waals surface area contributed by atoms with Crippen LogP contribution < -0.4 is 10.1 Å². The Hall–Kier alpha value is -2.45. The van der Waals surface area contributed by atoms with Crippen LogP contribution in [0, 0.1) is 0 Å². The SMILES string of the molecule is O=C(COc1ccc(Br)cc1Cl)Nc1cccc(-c2nnnn2C2CC2)c1. The van der Waals surface area contributed by atoms with Crippen molar-refractivity contribution in [1.29, 1.82) is 0 Å². The van der Waals surface area contributed by atoms with E-state index in [9.17, 15) is 4.79 Å². The predicted molar refractivity (Wildman–Crippen MR) is 105 cm³/mol. The number of benzene rings is 2. The average Bonchev–Trinajstić information content (AvgIpc) is 3.37. The van der Waals surface area contributed by atoms with Crippen LogP contribution in [0.4, 0.5) is 5.69 Å². The summed E-state index contributed by atoms with van der Waals surface area (Å²) in [5.74, 6) is 0.867. The summed E-state index contributed by atoms with van der Waals surface area (Å²) >= 11 is 9.41. The first kappa shape index (κ1) is 17.9. The van der Waals surface area contributed by atoms with Crippen LogP contribution in [0.5, 0.6) is 5.75 Å². The van der Waals surface area contributed by atoms with Crippen molar-refractivity contribution in [1.82, 2.24) is 20.2 Å². The Labute approximate surface area is 168 Å². The largest absolute Gasteiger partial charge is 0.482 e. The maximum Gasteiger partial charge on any atom is 0.262 e. The zero-order valence-electron chi connectivity index (χ0n) is 14.1. The van der Waals surface area contributed by atoms with Gasteiger partial charge in [0, 0.05) is 15.7 Å². The molecular formula is C18H15BrClN5O2. The molecule has 1 amide bonds. The third-order valence-corrected chi connectivity index (χ3v) is 4.83. The van der Waals surface area contributed by atoms with Crippen molar-refractivity contribution in [2.75, 3.05) is 11.9 Å². The molecule has 2 aromatic carbocycles. The number of aromatic nitrogens is 4. The second-order valence-corrected chi connectivity index (χ2v) is 7.49. The quantitative estimate of drug-likeness (QED) is 0.614. The zero-order valence-corrected chi connectivity index (χ0v) is 16.4. The lowest BCUT2D eigenvalue weighted by molar-refractivity contribution is -0.118. The highest BCUT2D eigenvalue weighted by Gasteiger charge is 2.28. The second kappa shape index (κ2) is 7.66. The number of amides is 1. The van der Waals surface area contributed by atoms with Crippen LogP contribution in [0.3, 0.4) is 0 Å². The van der Waals surface area contributed by atoms with E-state index < -0.39 is 0 Å². The van der Waals surface area contributed by atoms with E-state index in [1.165, 1.54) is 0 Å². The Kier molecular flexibility index (Phi) is 5.09. The maximum absolute atomic E-state index is 12.2. The van der Waals surface area contributed by atoms with Gasteiger partial charge in [-0.1, -0.05) is 39.7 Å². The molecule has 1 aliphatic rings. The fourth-order valence-electron chi connectivity index (χ4n) is 2.62. The number of hydrogen-bond donors (Lipinski definition) is 1. The smallest absolute Gasteiger partial charge is 0.262 e. The van der Waals surface area contributed by atoms with Crippen LogP contribution >= 0.6 is 27.5 Å². The van der Waals surface area contributed by atoms with Crippen molar-refractivity contribution < 1.29 is 9.53 Å². The molecule has 1 aromatic heterocycles. The zero-order chi connectivity index (χ0) is 18.8. The highest BCUT2D eigenvalue weighted by molar-refractivity contribution is 9.10. The molecule has 0 bridgehead atoms. The van der Waals surface area contributed by atoms with Crippen molar-refractivity contribution in [3.8, 4) is 17.1 Å². The van der Waals surface area contributed by atoms with Gasteiger partial charge in [0.15, 0.2) is 12.4 Å². The first-order valence-electron chi connectivity index (χ1n) is 8.36. The molecule has 4 rings (SSSR count). The Balaban J connectivity index is 1.42. The number of carbonyl (C=O) groups is 1. The number of carbonyl (C=O) groups excluding carboxylic acids is 1. The number of ether oxygens (including phenoxy) is 1. The number of nitrogens with zero attached hydrogens (tertiary/aromatic N) is 4. The lowest BCUT2D eigenvalue weighted by atomic mass is 10.2. The fraction of sp³-hybridized carbons (Fsp3) is 0.222. The van der Waals surface area contributed by atoms with Gasteiger partial charge in [0.1, 0.15) is 5.75 Å². The molecule has 1 aliphatic carbocycles. The Bertz CT molecular complexity index is 989. The first-order valence-corrected chi connectivity index (χ1v) is 9.53. The van der Waals surface area contributed by atoms with E-state index in [4.69, 9.17) is 16.3 Å². The molecule has 0 radical (unpaired) electrons. The number of hydrogen-bond acceptors (Lipinski definition) is 5. The van der Waals surface area contributed by atoms with E-state index in [0.29, 0.717) is 28.3 Å². The van der Waals surface area contributed by atoms with Gasteiger partial charge in [0.2, 0.25) is 0 Å². The molecule has 27 heavy (non-hydrogen) atoms. The molecule has 1 fully saturated rings. The number of rotatable bonds is 6. The minimum absolute atomic E-state index is 0.147. The van der Waals surface area contributed by atoms with Crippen molar-refractivity contribution in [3.63, 3.8) is 0 Å². The van der Waals surface area contributed by atoms with Crippen LogP contribution in [0.15, 0.2) is 46.9 Å². The predicted octanol–water partition coefficient (Wildman–Crippen LogP) is 4.11. The number of nitrogens with one attached hydrogen (secondary N) is 1. The van der Waals surface area contributed by atoms with Crippen LogP contribution in [-0.4, -0.2) is 32.7 Å². The highest BCUT2D eigenvalue weighted by Crippen LogP contribution is 2.36. The lowest BCUT2D eigenvalue weighted by Gasteiger charge is -2.10. The van der Waals surface area contributed by atoms with Crippen LogP contribution in [0.1, 0.15) is 18.9 Å². The summed E-state index contributed by atoms with van der Waals surface area (Å²) in [5.41, 5.74) is 1.50. The summed E-state index contributed by atoms with van der Waals surface area (Å²) in [6.07, 6.45) is 2.18. The van der Waals surface area contributed by atoms with E-state index >= 15 is 0 Å². The molecule has 7 nitrogen and oxygen atoms in total. The van der Waals surface area contributed by atoms with E-state index in [2.05, 4.69) is 36.8 Å². The first-order chi connectivity index (χ1) is 13.1. The Morgan fingerprint density at radius 3 is 2.93 bits per heavy atom. The maximum atomic E-state index is 12.2. The van der Waals surface area contributed by atoms with Crippen LogP contribution in [-0.2, 0) is 4.79 Å². The average molecular weight is 449 g/mol. The van der Waals surface area contributed by atoms with Crippen LogP contribution in [0.25, 0.3) is 11.4 Å². The van der Waals surface area contributed by atoms with Crippen molar-refractivity contribution in [3.05, 3.63) is 52.0 Å². The minimum Gasteiger partial charge on any atom is -0.482 e. The van der Waals surface area contributed by atoms with Gasteiger partial charge in [-0.2, -0.15) is 0 Å². The Morgan fingerprint density at radius 2 is 2.15 bits per heavy atom. The standard InChI is InChI=1S/C18H15BrClN5O2/c19-12-4-7-16(15(20)9-12)27-10-17(26)21-13-3-1-2-11(8-13)18-22-23-24-25(18)14-5-6-14/h1-4,7-9,14H,5-6,10H2,(H,21,26). The van der Waals surface area contributed by atoms with Crippen molar-refractivity contribution >= 4 is 39.1 Å². The van der Waals surface area contributed by atoms with E-state index in [1.54, 1.807) is 24.3 Å². The molecule has 1 N–H and O–H groups in total. The summed E-state index contributed by atoms with van der Waals surface area (Å²) in [4.78, 5) is 12.2. The second-order valence-electron chi connectivity index (χ2n) is 6.17. The Morgan fingerprint density at radius 1 is 1.30 bits per heavy atom.